The van der Waals surface area contributed by atoms with Crippen LogP contribution in [0.4, 0.5) is 4.79 Å². The Morgan fingerprint density at radius 3 is 2.29 bits per heavy atom. The first kappa shape index (κ1) is 14.3. The van der Waals surface area contributed by atoms with Crippen molar-refractivity contribution in [1.82, 2.24) is 4.90 Å². The van der Waals surface area contributed by atoms with Crippen molar-refractivity contribution >= 4 is 6.09 Å². The second-order valence-electron chi connectivity index (χ2n) is 7.11. The molecule has 1 fully saturated rings. The van der Waals surface area contributed by atoms with Gasteiger partial charge in [-0.05, 0) is 39.5 Å². The minimum atomic E-state index is -0.459. The van der Waals surface area contributed by atoms with Gasteiger partial charge in [-0.1, -0.05) is 13.8 Å². The Bertz CT molecular complexity index is 307. The summed E-state index contributed by atoms with van der Waals surface area (Å²) in [4.78, 5) is 14.0. The maximum absolute atomic E-state index is 12.2. The normalized spacial score (nSPS) is 28.3. The molecule has 0 radical (unpaired) electrons. The number of nitrogens with two attached hydrogens (primary N) is 1. The van der Waals surface area contributed by atoms with Crippen molar-refractivity contribution in [1.29, 1.82) is 0 Å². The van der Waals surface area contributed by atoms with E-state index >= 15 is 0 Å². The molecule has 0 saturated carbocycles. The van der Waals surface area contributed by atoms with Crippen LogP contribution in [0.5, 0.6) is 0 Å². The number of hydrogen-bond acceptors (Lipinski definition) is 3. The van der Waals surface area contributed by atoms with E-state index in [9.17, 15) is 4.79 Å². The highest BCUT2D eigenvalue weighted by atomic mass is 16.6. The number of rotatable bonds is 1. The summed E-state index contributed by atoms with van der Waals surface area (Å²) >= 11 is 0. The number of likely N-dealkylation sites (tertiary alicyclic amines) is 1. The van der Waals surface area contributed by atoms with Crippen molar-refractivity contribution in [2.45, 2.75) is 59.1 Å². The molecule has 0 aliphatic carbocycles. The lowest BCUT2D eigenvalue weighted by molar-refractivity contribution is 0.0113. The molecule has 1 rings (SSSR count). The average molecular weight is 242 g/mol. The minimum Gasteiger partial charge on any atom is -0.444 e. The van der Waals surface area contributed by atoms with Crippen LogP contribution in [0.25, 0.3) is 0 Å². The number of carbonyl (C=O) groups is 1. The number of amides is 1. The molecule has 4 nitrogen and oxygen atoms in total. The molecule has 1 amide bonds. The maximum atomic E-state index is 12.2. The highest BCUT2D eigenvalue weighted by Gasteiger charge is 2.48. The lowest BCUT2D eigenvalue weighted by atomic mass is 9.85. The zero-order chi connectivity index (χ0) is 13.5. The van der Waals surface area contributed by atoms with Gasteiger partial charge in [0.15, 0.2) is 0 Å². The molecule has 0 aromatic rings. The van der Waals surface area contributed by atoms with Gasteiger partial charge in [0.05, 0.1) is 5.54 Å². The van der Waals surface area contributed by atoms with Gasteiger partial charge in [0.25, 0.3) is 0 Å². The lowest BCUT2D eigenvalue weighted by Gasteiger charge is -2.35. The van der Waals surface area contributed by atoms with Crippen LogP contribution in [0.1, 0.15) is 48.0 Å². The number of nitrogens with zero attached hydrogens (tertiary/aromatic N) is 1. The Kier molecular flexibility index (Phi) is 3.50. The first-order chi connectivity index (χ1) is 7.49. The van der Waals surface area contributed by atoms with E-state index in [1.165, 1.54) is 0 Å². The van der Waals surface area contributed by atoms with Gasteiger partial charge in [-0.25, -0.2) is 4.79 Å². The highest BCUT2D eigenvalue weighted by Crippen LogP contribution is 2.41. The third-order valence-corrected chi connectivity index (χ3v) is 3.15. The molecule has 1 aliphatic heterocycles. The van der Waals surface area contributed by atoms with E-state index in [2.05, 4.69) is 13.8 Å². The van der Waals surface area contributed by atoms with Gasteiger partial charge in [0.1, 0.15) is 5.60 Å². The summed E-state index contributed by atoms with van der Waals surface area (Å²) in [6, 6.07) is 0. The molecule has 0 bridgehead atoms. The summed E-state index contributed by atoms with van der Waals surface area (Å²) in [5.41, 5.74) is 5.19. The van der Waals surface area contributed by atoms with E-state index in [0.717, 1.165) is 6.42 Å². The number of ether oxygens (including phenoxy) is 1. The van der Waals surface area contributed by atoms with E-state index < -0.39 is 5.60 Å². The smallest absolute Gasteiger partial charge is 0.410 e. The van der Waals surface area contributed by atoms with Crippen molar-refractivity contribution in [3.05, 3.63) is 0 Å². The zero-order valence-corrected chi connectivity index (χ0v) is 12.0. The van der Waals surface area contributed by atoms with Crippen LogP contribution < -0.4 is 5.73 Å². The summed E-state index contributed by atoms with van der Waals surface area (Å²) in [6.45, 7) is 13.2. The predicted octanol–water partition coefficient (Wildman–Crippen LogP) is 2.37. The predicted molar refractivity (Wildman–Crippen MR) is 68.8 cm³/mol. The lowest BCUT2D eigenvalue weighted by Crippen LogP contribution is -2.51. The van der Waals surface area contributed by atoms with Gasteiger partial charge in [-0.3, -0.25) is 0 Å². The molecule has 1 atom stereocenters. The molecule has 1 unspecified atom stereocenters. The van der Waals surface area contributed by atoms with Gasteiger partial charge in [-0.2, -0.15) is 0 Å². The molecular weight excluding hydrogens is 216 g/mol. The minimum absolute atomic E-state index is 0.102. The summed E-state index contributed by atoms with van der Waals surface area (Å²) < 4.78 is 5.44. The van der Waals surface area contributed by atoms with E-state index in [1.54, 1.807) is 4.90 Å². The third kappa shape index (κ3) is 3.35. The van der Waals surface area contributed by atoms with Crippen LogP contribution in [-0.4, -0.2) is 35.2 Å². The van der Waals surface area contributed by atoms with Crippen LogP contribution in [0, 0.1) is 5.41 Å². The zero-order valence-electron chi connectivity index (χ0n) is 12.0. The van der Waals surface area contributed by atoms with Gasteiger partial charge in [0.2, 0.25) is 0 Å². The number of carbonyl (C=O) groups excluding carboxylic acids is 1. The van der Waals surface area contributed by atoms with Crippen molar-refractivity contribution in [3.63, 3.8) is 0 Å². The maximum Gasteiger partial charge on any atom is 0.410 e. The van der Waals surface area contributed by atoms with Crippen LogP contribution in [0.15, 0.2) is 0 Å². The molecule has 0 spiro atoms. The van der Waals surface area contributed by atoms with Gasteiger partial charge in [0, 0.05) is 13.1 Å². The second kappa shape index (κ2) is 4.16. The van der Waals surface area contributed by atoms with Gasteiger partial charge < -0.3 is 15.4 Å². The van der Waals surface area contributed by atoms with Gasteiger partial charge in [-0.15, -0.1) is 0 Å². The quantitative estimate of drug-likeness (QED) is 0.768. The average Bonchev–Trinajstić information content (AvgIpc) is 2.34. The topological polar surface area (TPSA) is 55.6 Å². The third-order valence-electron chi connectivity index (χ3n) is 3.15. The fourth-order valence-electron chi connectivity index (χ4n) is 2.59. The van der Waals surface area contributed by atoms with E-state index in [1.807, 2.05) is 27.7 Å². The fraction of sp³-hybridized carbons (Fsp3) is 0.923. The summed E-state index contributed by atoms with van der Waals surface area (Å²) in [6.07, 6.45) is 0.659. The summed E-state index contributed by atoms with van der Waals surface area (Å²) in [5.74, 6) is 0. The Balaban J connectivity index is 2.85. The summed E-state index contributed by atoms with van der Waals surface area (Å²) in [7, 11) is 0. The Labute approximate surface area is 104 Å². The molecule has 1 aliphatic rings. The van der Waals surface area contributed by atoms with Crippen molar-refractivity contribution < 1.29 is 9.53 Å². The fourth-order valence-corrected chi connectivity index (χ4v) is 2.59. The van der Waals surface area contributed by atoms with Crippen LogP contribution >= 0.6 is 0 Å². The van der Waals surface area contributed by atoms with Crippen molar-refractivity contribution in [2.75, 3.05) is 13.1 Å². The van der Waals surface area contributed by atoms with Crippen LogP contribution in [-0.2, 0) is 4.74 Å². The van der Waals surface area contributed by atoms with Crippen molar-refractivity contribution in [3.8, 4) is 0 Å². The first-order valence-corrected chi connectivity index (χ1v) is 6.20. The molecule has 100 valence electrons. The highest BCUT2D eigenvalue weighted by molar-refractivity contribution is 5.70. The van der Waals surface area contributed by atoms with Gasteiger partial charge >= 0.3 is 6.09 Å². The molecule has 17 heavy (non-hydrogen) atoms. The van der Waals surface area contributed by atoms with E-state index in [0.29, 0.717) is 13.1 Å². The summed E-state index contributed by atoms with van der Waals surface area (Å²) in [5, 5.41) is 0. The van der Waals surface area contributed by atoms with E-state index in [-0.39, 0.29) is 17.0 Å². The molecule has 4 heteroatoms. The van der Waals surface area contributed by atoms with Crippen LogP contribution in [0.3, 0.4) is 0 Å². The molecule has 0 aromatic carbocycles. The SMILES string of the molecule is CC1(C)CN(C(=O)OC(C)(C)C)C(C)(CN)C1. The molecule has 0 aromatic heterocycles. The number of hydrogen-bond donors (Lipinski definition) is 1. The first-order valence-electron chi connectivity index (χ1n) is 6.20. The van der Waals surface area contributed by atoms with Crippen LogP contribution in [0.2, 0.25) is 0 Å². The Hall–Kier alpha value is -0.770. The second-order valence-corrected chi connectivity index (χ2v) is 7.11. The van der Waals surface area contributed by atoms with E-state index in [4.69, 9.17) is 10.5 Å². The van der Waals surface area contributed by atoms with Crippen molar-refractivity contribution in [2.24, 2.45) is 11.1 Å². The molecule has 2 N–H and O–H groups in total. The largest absolute Gasteiger partial charge is 0.444 e. The molecule has 1 saturated heterocycles. The Morgan fingerprint density at radius 1 is 1.35 bits per heavy atom. The standard InChI is InChI=1S/C13H26N2O2/c1-11(2,3)17-10(16)15-9-12(4,5)7-13(15,6)8-14/h7-9,14H2,1-6H3. The monoisotopic (exact) mass is 242 g/mol. The molecule has 1 heterocycles. The Morgan fingerprint density at radius 2 is 1.88 bits per heavy atom. The molecular formula is C13H26N2O2.